The van der Waals surface area contributed by atoms with Gasteiger partial charge >= 0.3 is 0 Å². The molecule has 230 valence electrons. The molecular formula is C32H30F2N8O3. The first-order chi connectivity index (χ1) is 21.7. The van der Waals surface area contributed by atoms with Crippen LogP contribution in [-0.2, 0) is 10.3 Å². The van der Waals surface area contributed by atoms with Gasteiger partial charge < -0.3 is 14.8 Å². The lowest BCUT2D eigenvalue weighted by Crippen LogP contribution is -2.39. The third-order valence-corrected chi connectivity index (χ3v) is 8.55. The molecule has 11 nitrogen and oxygen atoms in total. The number of aromatic amines is 1. The number of azide groups is 1. The van der Waals surface area contributed by atoms with Gasteiger partial charge in [0.25, 0.3) is 11.5 Å². The number of H-pyrrole nitrogens is 1. The molecule has 3 aromatic carbocycles. The van der Waals surface area contributed by atoms with Crippen molar-refractivity contribution in [2.24, 2.45) is 11.0 Å². The molecule has 0 spiro atoms. The highest BCUT2D eigenvalue weighted by molar-refractivity contribution is 5.71. The second-order valence-corrected chi connectivity index (χ2v) is 10.8. The molecule has 3 heterocycles. The predicted molar refractivity (Wildman–Crippen MR) is 164 cm³/mol. The number of nitrogens with zero attached hydrogens (tertiary/aromatic N) is 6. The number of hydrogen-bond donors (Lipinski definition) is 2. The Morgan fingerprint density at radius 3 is 2.22 bits per heavy atom. The topological polar surface area (TPSA) is 143 Å². The fraction of sp³-hybridized carbons (Fsp3) is 0.281. The van der Waals surface area contributed by atoms with Crippen LogP contribution in [0.3, 0.4) is 0 Å². The second kappa shape index (κ2) is 11.3. The fourth-order valence-electron chi connectivity index (χ4n) is 6.05. The largest absolute Gasteiger partial charge is 0.497 e. The molecule has 5 aromatic rings. The molecule has 0 bridgehead atoms. The zero-order chi connectivity index (χ0) is 31.8. The average molecular weight is 613 g/mol. The van der Waals surface area contributed by atoms with Crippen molar-refractivity contribution in [3.63, 3.8) is 0 Å². The van der Waals surface area contributed by atoms with Crippen molar-refractivity contribution in [3.05, 3.63) is 129 Å². The standard InChI is InChI=1S/C32H30F2N8O3/c1-4-30(40-41-35)20(2)32(33,34)28(45-30)42-19-36-25-26(42)37-29(38-27(25)43)39-31(21-11-7-5-8-12-21,22-13-9-6-10-14-22)23-15-17-24(44-3)18-16-23/h5-20,28H,4H2,1-3H3,(H2,37,38,39,43)/t20-,28-,30-/m1/s1. The summed E-state index contributed by atoms with van der Waals surface area (Å²) in [6, 6.07) is 26.6. The molecule has 2 N–H and O–H groups in total. The molecule has 3 atom stereocenters. The van der Waals surface area contributed by atoms with Crippen molar-refractivity contribution >= 4 is 17.1 Å². The first-order valence-corrected chi connectivity index (χ1v) is 14.3. The zero-order valence-electron chi connectivity index (χ0n) is 24.7. The van der Waals surface area contributed by atoms with Gasteiger partial charge in [0.2, 0.25) is 12.2 Å². The molecule has 0 aliphatic carbocycles. The molecule has 1 aliphatic rings. The summed E-state index contributed by atoms with van der Waals surface area (Å²) in [6.45, 7) is 2.88. The quantitative estimate of drug-likeness (QED) is 0.0816. The number of benzene rings is 3. The van der Waals surface area contributed by atoms with E-state index >= 15 is 8.78 Å². The van der Waals surface area contributed by atoms with Crippen LogP contribution < -0.4 is 15.6 Å². The van der Waals surface area contributed by atoms with Crippen LogP contribution >= 0.6 is 0 Å². The maximum Gasteiger partial charge on any atom is 0.297 e. The Labute approximate surface area is 256 Å². The molecule has 0 radical (unpaired) electrons. The van der Waals surface area contributed by atoms with Crippen LogP contribution in [0.15, 0.2) is 101 Å². The van der Waals surface area contributed by atoms with Gasteiger partial charge in [0.1, 0.15) is 11.3 Å². The summed E-state index contributed by atoms with van der Waals surface area (Å²) in [4.78, 5) is 27.7. The van der Waals surface area contributed by atoms with E-state index in [-0.39, 0.29) is 23.5 Å². The third kappa shape index (κ3) is 4.77. The fourth-order valence-corrected chi connectivity index (χ4v) is 6.05. The van der Waals surface area contributed by atoms with Crippen LogP contribution in [0.5, 0.6) is 5.75 Å². The Hall–Kier alpha value is -5.26. The molecule has 2 aromatic heterocycles. The lowest BCUT2D eigenvalue weighted by molar-refractivity contribution is -0.133. The van der Waals surface area contributed by atoms with Gasteiger partial charge in [-0.25, -0.2) is 13.8 Å². The van der Waals surface area contributed by atoms with Crippen molar-refractivity contribution in [2.75, 3.05) is 12.4 Å². The Kier molecular flexibility index (Phi) is 7.51. The normalized spacial score (nSPS) is 20.9. The van der Waals surface area contributed by atoms with Gasteiger partial charge in [-0.3, -0.25) is 14.3 Å². The van der Waals surface area contributed by atoms with E-state index in [2.05, 4.69) is 30.3 Å². The number of methoxy groups -OCH3 is 1. The van der Waals surface area contributed by atoms with E-state index in [9.17, 15) is 4.79 Å². The molecular weight excluding hydrogens is 582 g/mol. The SMILES string of the molecule is CC[C@@]1(N=[N+]=[N-])O[C@@H](n2cnc3c(=O)[nH]c(NC(c4ccccc4)(c4ccccc4)c4ccc(OC)cc4)nc32)C(F)(F)[C@@H]1C. The lowest BCUT2D eigenvalue weighted by atomic mass is 9.77. The number of nitrogens with one attached hydrogen (secondary N) is 2. The van der Waals surface area contributed by atoms with Crippen LogP contribution in [0.25, 0.3) is 21.6 Å². The van der Waals surface area contributed by atoms with Gasteiger partial charge in [0.05, 0.1) is 19.4 Å². The molecule has 0 unspecified atom stereocenters. The number of alkyl halides is 2. The minimum atomic E-state index is -3.49. The van der Waals surface area contributed by atoms with Crippen LogP contribution in [0.1, 0.15) is 43.2 Å². The number of ether oxygens (including phenoxy) is 2. The van der Waals surface area contributed by atoms with E-state index in [0.29, 0.717) is 5.75 Å². The van der Waals surface area contributed by atoms with Gasteiger partial charge in [-0.1, -0.05) is 91.8 Å². The molecule has 6 rings (SSSR count). The number of imidazole rings is 1. The minimum Gasteiger partial charge on any atom is -0.497 e. The highest BCUT2D eigenvalue weighted by atomic mass is 19.3. The van der Waals surface area contributed by atoms with Gasteiger partial charge in [0.15, 0.2) is 16.9 Å². The summed E-state index contributed by atoms with van der Waals surface area (Å²) >= 11 is 0. The molecule has 13 heteroatoms. The smallest absolute Gasteiger partial charge is 0.297 e. The Balaban J connectivity index is 1.55. The van der Waals surface area contributed by atoms with Crippen LogP contribution in [0.2, 0.25) is 0 Å². The maximum atomic E-state index is 15.8. The summed E-state index contributed by atoms with van der Waals surface area (Å²) in [5, 5.41) is 7.08. The number of fused-ring (bicyclic) bond motifs is 1. The molecule has 1 saturated heterocycles. The average Bonchev–Trinajstić information content (AvgIpc) is 3.57. The van der Waals surface area contributed by atoms with E-state index in [1.54, 1.807) is 14.0 Å². The number of aromatic nitrogens is 4. The van der Waals surface area contributed by atoms with Gasteiger partial charge in [-0.2, -0.15) is 4.98 Å². The number of rotatable bonds is 9. The number of hydrogen-bond acceptors (Lipinski definition) is 7. The first kappa shape index (κ1) is 29.8. The van der Waals surface area contributed by atoms with Crippen molar-refractivity contribution in [1.29, 1.82) is 0 Å². The molecule has 0 saturated carbocycles. The van der Waals surface area contributed by atoms with Crippen molar-refractivity contribution in [2.45, 2.75) is 43.7 Å². The molecule has 0 amide bonds. The van der Waals surface area contributed by atoms with E-state index in [0.717, 1.165) is 27.6 Å². The summed E-state index contributed by atoms with van der Waals surface area (Å²) in [5.41, 5.74) is 7.73. The lowest BCUT2D eigenvalue weighted by Gasteiger charge is -2.37. The van der Waals surface area contributed by atoms with Crippen LogP contribution in [0.4, 0.5) is 14.7 Å². The van der Waals surface area contributed by atoms with E-state index < -0.39 is 34.9 Å². The third-order valence-electron chi connectivity index (χ3n) is 8.55. The summed E-state index contributed by atoms with van der Waals surface area (Å²) in [6.07, 6.45) is -0.828. The maximum absolute atomic E-state index is 15.8. The highest BCUT2D eigenvalue weighted by Crippen LogP contribution is 2.54. The Morgan fingerprint density at radius 2 is 1.67 bits per heavy atom. The van der Waals surface area contributed by atoms with Gasteiger partial charge in [0, 0.05) is 4.91 Å². The number of anilines is 1. The summed E-state index contributed by atoms with van der Waals surface area (Å²) < 4.78 is 43.8. The summed E-state index contributed by atoms with van der Waals surface area (Å²) in [5.74, 6) is -4.30. The summed E-state index contributed by atoms with van der Waals surface area (Å²) in [7, 11) is 1.58. The molecule has 1 aliphatic heterocycles. The number of halogens is 2. The van der Waals surface area contributed by atoms with E-state index in [1.165, 1.54) is 6.92 Å². The minimum absolute atomic E-state index is 0.00364. The molecule has 1 fully saturated rings. The van der Waals surface area contributed by atoms with Crippen molar-refractivity contribution in [3.8, 4) is 5.75 Å². The van der Waals surface area contributed by atoms with Crippen molar-refractivity contribution < 1.29 is 18.3 Å². The van der Waals surface area contributed by atoms with Gasteiger partial charge in [-0.15, -0.1) is 0 Å². The van der Waals surface area contributed by atoms with Crippen LogP contribution in [-0.4, -0.2) is 38.3 Å². The zero-order valence-corrected chi connectivity index (χ0v) is 24.7. The van der Waals surface area contributed by atoms with E-state index in [1.807, 2.05) is 84.9 Å². The van der Waals surface area contributed by atoms with E-state index in [4.69, 9.17) is 15.0 Å². The molecule has 45 heavy (non-hydrogen) atoms. The first-order valence-electron chi connectivity index (χ1n) is 14.3. The Bertz CT molecular complexity index is 1890. The van der Waals surface area contributed by atoms with Crippen LogP contribution in [0, 0.1) is 5.92 Å². The van der Waals surface area contributed by atoms with Crippen molar-refractivity contribution in [1.82, 2.24) is 19.5 Å². The van der Waals surface area contributed by atoms with Gasteiger partial charge in [-0.05, 0) is 40.8 Å². The second-order valence-electron chi connectivity index (χ2n) is 10.8. The Morgan fingerprint density at radius 1 is 1.07 bits per heavy atom. The predicted octanol–water partition coefficient (Wildman–Crippen LogP) is 6.75. The highest BCUT2D eigenvalue weighted by Gasteiger charge is 2.64. The monoisotopic (exact) mass is 612 g/mol.